The number of hydrogen-bond acceptors (Lipinski definition) is 6. The van der Waals surface area contributed by atoms with Gasteiger partial charge in [0.05, 0.1) is 17.5 Å². The lowest BCUT2D eigenvalue weighted by Gasteiger charge is -2.41. The summed E-state index contributed by atoms with van der Waals surface area (Å²) >= 11 is 0. The van der Waals surface area contributed by atoms with Crippen LogP contribution in [0.2, 0.25) is 0 Å². The number of aryl methyl sites for hydroxylation is 3. The summed E-state index contributed by atoms with van der Waals surface area (Å²) in [4.78, 5) is 15.0. The van der Waals surface area contributed by atoms with Crippen LogP contribution >= 0.6 is 0 Å². The van der Waals surface area contributed by atoms with E-state index in [1.165, 1.54) is 22.4 Å². The van der Waals surface area contributed by atoms with Crippen LogP contribution in [0.1, 0.15) is 47.8 Å². The molecule has 0 N–H and O–H groups in total. The second-order valence-corrected chi connectivity index (χ2v) is 9.70. The number of rotatable bonds is 5. The van der Waals surface area contributed by atoms with Crippen LogP contribution in [0.25, 0.3) is 11.4 Å². The monoisotopic (exact) mass is 446 g/mol. The summed E-state index contributed by atoms with van der Waals surface area (Å²) < 4.78 is 7.57. The Morgan fingerprint density at radius 1 is 1.06 bits per heavy atom. The molecule has 0 aliphatic carbocycles. The van der Waals surface area contributed by atoms with Crippen molar-refractivity contribution in [1.82, 2.24) is 19.7 Å². The number of ether oxygens (including phenoxy) is 1. The normalized spacial score (nSPS) is 16.3. The Bertz CT molecular complexity index is 1160. The number of hydrogen-bond donors (Lipinski definition) is 0. The van der Waals surface area contributed by atoms with E-state index in [-0.39, 0.29) is 6.10 Å². The molecule has 2 aliphatic rings. The quantitative estimate of drug-likeness (QED) is 0.590. The molecule has 0 unspecified atom stereocenters. The topological polar surface area (TPSA) is 59.3 Å². The molecule has 0 amide bonds. The summed E-state index contributed by atoms with van der Waals surface area (Å²) in [5.41, 5.74) is 7.12. The van der Waals surface area contributed by atoms with E-state index < -0.39 is 0 Å². The fourth-order valence-electron chi connectivity index (χ4n) is 4.95. The van der Waals surface area contributed by atoms with Gasteiger partial charge in [-0.3, -0.25) is 4.68 Å². The van der Waals surface area contributed by atoms with Crippen molar-refractivity contribution >= 4 is 11.6 Å². The Morgan fingerprint density at radius 3 is 2.42 bits per heavy atom. The van der Waals surface area contributed by atoms with E-state index in [9.17, 15) is 0 Å². The number of benzene rings is 1. The van der Waals surface area contributed by atoms with Gasteiger partial charge in [-0.05, 0) is 30.9 Å². The molecular weight excluding hydrogens is 412 g/mol. The molecule has 0 atom stereocenters. The lowest BCUT2D eigenvalue weighted by atomic mass is 9.99. The highest BCUT2D eigenvalue weighted by molar-refractivity contribution is 5.68. The van der Waals surface area contributed by atoms with Gasteiger partial charge >= 0.3 is 0 Å². The van der Waals surface area contributed by atoms with E-state index in [2.05, 4.69) is 61.8 Å². The van der Waals surface area contributed by atoms with Gasteiger partial charge in [-0.1, -0.05) is 32.0 Å². The van der Waals surface area contributed by atoms with E-state index in [0.717, 1.165) is 61.3 Å². The fraction of sp³-hybridized carbons (Fsp3) is 0.500. The molecule has 4 heterocycles. The highest BCUT2D eigenvalue weighted by Crippen LogP contribution is 2.35. The van der Waals surface area contributed by atoms with Gasteiger partial charge in [0, 0.05) is 64.0 Å². The third kappa shape index (κ3) is 3.88. The summed E-state index contributed by atoms with van der Waals surface area (Å²) in [6.07, 6.45) is 1.16. The second kappa shape index (κ2) is 8.45. The van der Waals surface area contributed by atoms with E-state index in [0.29, 0.717) is 5.92 Å². The van der Waals surface area contributed by atoms with Crippen molar-refractivity contribution in [3.8, 4) is 11.4 Å². The highest BCUT2D eigenvalue weighted by Gasteiger charge is 2.33. The van der Waals surface area contributed by atoms with Crippen molar-refractivity contribution in [3.63, 3.8) is 0 Å². The number of nitrogens with zero attached hydrogens (tertiary/aromatic N) is 6. The first-order chi connectivity index (χ1) is 15.9. The molecule has 0 radical (unpaired) electrons. The van der Waals surface area contributed by atoms with Crippen molar-refractivity contribution < 1.29 is 4.74 Å². The van der Waals surface area contributed by atoms with Gasteiger partial charge in [0.1, 0.15) is 11.6 Å². The number of aromatic nitrogens is 4. The van der Waals surface area contributed by atoms with Crippen LogP contribution in [-0.2, 0) is 24.8 Å². The van der Waals surface area contributed by atoms with Crippen molar-refractivity contribution in [1.29, 1.82) is 0 Å². The molecule has 174 valence electrons. The minimum atomic E-state index is 0.268. The van der Waals surface area contributed by atoms with Crippen LogP contribution in [0.4, 0.5) is 11.6 Å². The summed E-state index contributed by atoms with van der Waals surface area (Å²) in [6.45, 7) is 12.1. The van der Waals surface area contributed by atoms with Crippen LogP contribution in [0.5, 0.6) is 0 Å². The van der Waals surface area contributed by atoms with Crippen molar-refractivity contribution in [2.75, 3.05) is 36.5 Å². The van der Waals surface area contributed by atoms with Gasteiger partial charge < -0.3 is 14.5 Å². The van der Waals surface area contributed by atoms with E-state index in [1.807, 2.05) is 11.7 Å². The first kappa shape index (κ1) is 21.9. The zero-order chi connectivity index (χ0) is 23.3. The molecule has 2 aromatic heterocycles. The molecule has 2 aliphatic heterocycles. The molecule has 1 saturated heterocycles. The lowest BCUT2D eigenvalue weighted by molar-refractivity contribution is 0.0782. The minimum Gasteiger partial charge on any atom is -0.378 e. The molecule has 0 saturated carbocycles. The maximum Gasteiger partial charge on any atom is 0.162 e. The van der Waals surface area contributed by atoms with Crippen LogP contribution in [0.3, 0.4) is 0 Å². The van der Waals surface area contributed by atoms with Crippen molar-refractivity contribution in [3.05, 3.63) is 52.3 Å². The number of fused-ring (bicyclic) bond motifs is 1. The van der Waals surface area contributed by atoms with Gasteiger partial charge in [0.15, 0.2) is 5.82 Å². The molecule has 3 aromatic rings. The summed E-state index contributed by atoms with van der Waals surface area (Å²) in [5.74, 6) is 3.47. The molecule has 0 spiro atoms. The van der Waals surface area contributed by atoms with Gasteiger partial charge in [0.25, 0.3) is 0 Å². The Hall–Kier alpha value is -2.93. The maximum atomic E-state index is 5.56. The zero-order valence-electron chi connectivity index (χ0n) is 20.6. The average Bonchev–Trinajstić information content (AvgIpc) is 3.14. The van der Waals surface area contributed by atoms with Gasteiger partial charge in [0.2, 0.25) is 0 Å². The fourth-order valence-corrected chi connectivity index (χ4v) is 4.95. The minimum absolute atomic E-state index is 0.268. The Balaban J connectivity index is 1.56. The molecule has 5 rings (SSSR count). The number of anilines is 2. The second-order valence-electron chi connectivity index (χ2n) is 9.70. The van der Waals surface area contributed by atoms with Gasteiger partial charge in [-0.2, -0.15) is 5.10 Å². The first-order valence-electron chi connectivity index (χ1n) is 11.9. The maximum absolute atomic E-state index is 5.56. The zero-order valence-corrected chi connectivity index (χ0v) is 20.6. The summed E-state index contributed by atoms with van der Waals surface area (Å²) in [7, 11) is 3.83. The Kier molecular flexibility index (Phi) is 5.60. The predicted octanol–water partition coefficient (Wildman–Crippen LogP) is 4.02. The average molecular weight is 447 g/mol. The number of methoxy groups -OCH3 is 1. The lowest BCUT2D eigenvalue weighted by Crippen LogP contribution is -2.53. The van der Waals surface area contributed by atoms with E-state index in [4.69, 9.17) is 19.8 Å². The molecule has 0 bridgehead atoms. The Labute approximate surface area is 196 Å². The van der Waals surface area contributed by atoms with Crippen LogP contribution in [-0.4, -0.2) is 52.6 Å². The third-order valence-electron chi connectivity index (χ3n) is 7.01. The molecule has 7 nitrogen and oxygen atoms in total. The molecule has 33 heavy (non-hydrogen) atoms. The SMILES string of the molecule is COC1CN(c2nc(-c3c(C)cccc3C)nc3c2CN(c2cc(C(C)C)nn2C)CC3)C1. The van der Waals surface area contributed by atoms with Gasteiger partial charge in [-0.25, -0.2) is 9.97 Å². The summed E-state index contributed by atoms with van der Waals surface area (Å²) in [5, 5.41) is 4.74. The summed E-state index contributed by atoms with van der Waals surface area (Å²) in [6, 6.07) is 8.62. The third-order valence-corrected chi connectivity index (χ3v) is 7.01. The molecule has 7 heteroatoms. The highest BCUT2D eigenvalue weighted by atomic mass is 16.5. The standard InChI is InChI=1S/C26H34N6O/c1-16(2)22-12-23(30(5)29-22)31-11-10-21-20(15-31)26(32-13-19(14-32)33-6)28-25(27-21)24-17(3)8-7-9-18(24)4/h7-9,12,16,19H,10-11,13-15H2,1-6H3. The molecule has 1 fully saturated rings. The van der Waals surface area contributed by atoms with Gasteiger partial charge in [-0.15, -0.1) is 0 Å². The van der Waals surface area contributed by atoms with Crippen molar-refractivity contribution in [2.24, 2.45) is 7.05 Å². The van der Waals surface area contributed by atoms with E-state index >= 15 is 0 Å². The largest absolute Gasteiger partial charge is 0.378 e. The van der Waals surface area contributed by atoms with Crippen LogP contribution in [0, 0.1) is 13.8 Å². The van der Waals surface area contributed by atoms with Crippen molar-refractivity contribution in [2.45, 2.75) is 52.7 Å². The molecule has 1 aromatic carbocycles. The first-order valence-corrected chi connectivity index (χ1v) is 11.9. The van der Waals surface area contributed by atoms with E-state index in [1.54, 1.807) is 7.11 Å². The smallest absolute Gasteiger partial charge is 0.162 e. The van der Waals surface area contributed by atoms with Crippen LogP contribution in [0.15, 0.2) is 24.3 Å². The molecular formula is C26H34N6O. The Morgan fingerprint density at radius 2 is 1.79 bits per heavy atom. The van der Waals surface area contributed by atoms with Crippen LogP contribution < -0.4 is 9.80 Å². The predicted molar refractivity (Wildman–Crippen MR) is 132 cm³/mol.